The number of aliphatic hydroxyl groups is 2. The van der Waals surface area contributed by atoms with Crippen LogP contribution in [0.3, 0.4) is 0 Å². The summed E-state index contributed by atoms with van der Waals surface area (Å²) >= 11 is 0. The summed E-state index contributed by atoms with van der Waals surface area (Å²) in [5.41, 5.74) is 5.37. The van der Waals surface area contributed by atoms with Crippen molar-refractivity contribution in [3.63, 3.8) is 0 Å². The zero-order valence-electron chi connectivity index (χ0n) is 9.16. The second-order valence-corrected chi connectivity index (χ2v) is 3.89. The highest BCUT2D eigenvalue weighted by Gasteiger charge is 2.32. The van der Waals surface area contributed by atoms with E-state index in [9.17, 15) is 15.0 Å². The summed E-state index contributed by atoms with van der Waals surface area (Å²) in [5.74, 6) is -0.454. The van der Waals surface area contributed by atoms with Gasteiger partial charge in [-0.2, -0.15) is 9.98 Å². The summed E-state index contributed by atoms with van der Waals surface area (Å²) in [6, 6.07) is -0.609. The number of nitrogens with zero attached hydrogens (tertiary/aromatic N) is 3. The fraction of sp³-hybridized carbons (Fsp3) is 0.556. The number of aliphatic imine (C=N–C) groups is 3. The maximum atomic E-state index is 11.5. The lowest BCUT2D eigenvalue weighted by Crippen LogP contribution is -2.52. The first-order chi connectivity index (χ1) is 7.99. The third-order valence-corrected chi connectivity index (χ3v) is 2.53. The first kappa shape index (κ1) is 11.7. The number of fused-ring (bicyclic) bond motifs is 1. The van der Waals surface area contributed by atoms with Crippen LogP contribution in [-0.4, -0.2) is 58.4 Å². The number of guanidine groups is 1. The molecule has 0 fully saturated rings. The first-order valence-electron chi connectivity index (χ1n) is 5.14. The summed E-state index contributed by atoms with van der Waals surface area (Å²) in [4.78, 5) is 22.8. The van der Waals surface area contributed by atoms with E-state index in [1.165, 1.54) is 6.92 Å². The van der Waals surface area contributed by atoms with Gasteiger partial charge in [0.05, 0.1) is 12.1 Å². The van der Waals surface area contributed by atoms with Crippen LogP contribution >= 0.6 is 0 Å². The molecule has 3 atom stereocenters. The van der Waals surface area contributed by atoms with Crippen molar-refractivity contribution >= 4 is 23.4 Å². The lowest BCUT2D eigenvalue weighted by atomic mass is 10.0. The van der Waals surface area contributed by atoms with Crippen LogP contribution in [0.25, 0.3) is 0 Å². The fourth-order valence-electron chi connectivity index (χ4n) is 1.62. The molecular formula is C9H13N5O3. The Hall–Kier alpha value is -1.80. The summed E-state index contributed by atoms with van der Waals surface area (Å²) in [5, 5.41) is 21.8. The Bertz CT molecular complexity index is 440. The predicted octanol–water partition coefficient (Wildman–Crippen LogP) is -2.61. The number of nitrogens with one attached hydrogen (secondary N) is 1. The zero-order valence-corrected chi connectivity index (χ0v) is 9.16. The Labute approximate surface area is 97.0 Å². The molecule has 0 saturated heterocycles. The van der Waals surface area contributed by atoms with E-state index in [0.717, 1.165) is 0 Å². The van der Waals surface area contributed by atoms with Crippen LogP contribution < -0.4 is 11.1 Å². The van der Waals surface area contributed by atoms with Gasteiger partial charge in [0.2, 0.25) is 5.96 Å². The average Bonchev–Trinajstić information content (AvgIpc) is 2.27. The Morgan fingerprint density at radius 1 is 1.47 bits per heavy atom. The van der Waals surface area contributed by atoms with Crippen LogP contribution in [0.5, 0.6) is 0 Å². The molecule has 3 unspecified atom stereocenters. The van der Waals surface area contributed by atoms with Gasteiger partial charge in [-0.1, -0.05) is 0 Å². The molecule has 17 heavy (non-hydrogen) atoms. The van der Waals surface area contributed by atoms with Gasteiger partial charge < -0.3 is 21.3 Å². The number of hydrogen-bond donors (Lipinski definition) is 4. The van der Waals surface area contributed by atoms with E-state index in [2.05, 4.69) is 20.3 Å². The number of amidine groups is 1. The zero-order chi connectivity index (χ0) is 12.6. The maximum absolute atomic E-state index is 11.5. The molecule has 0 aliphatic carbocycles. The van der Waals surface area contributed by atoms with Crippen molar-refractivity contribution in [2.45, 2.75) is 25.2 Å². The van der Waals surface area contributed by atoms with Gasteiger partial charge in [-0.05, 0) is 6.92 Å². The van der Waals surface area contributed by atoms with Crippen molar-refractivity contribution in [1.29, 1.82) is 0 Å². The number of carbonyl (C=O) groups is 1. The Morgan fingerprint density at radius 2 is 2.18 bits per heavy atom. The van der Waals surface area contributed by atoms with Gasteiger partial charge >= 0.3 is 5.91 Å². The molecule has 1 amide bonds. The number of rotatable bonds is 2. The molecular weight excluding hydrogens is 226 g/mol. The third kappa shape index (κ3) is 2.17. The van der Waals surface area contributed by atoms with Crippen LogP contribution in [0, 0.1) is 0 Å². The van der Waals surface area contributed by atoms with Gasteiger partial charge in [-0.25, -0.2) is 0 Å². The fourth-order valence-corrected chi connectivity index (χ4v) is 1.62. The van der Waals surface area contributed by atoms with E-state index in [-0.39, 0.29) is 24.1 Å². The minimum Gasteiger partial charge on any atom is -0.391 e. The molecule has 5 N–H and O–H groups in total. The Kier molecular flexibility index (Phi) is 2.90. The summed E-state index contributed by atoms with van der Waals surface area (Å²) in [6.07, 6.45) is -1.98. The Balaban J connectivity index is 2.27. The second kappa shape index (κ2) is 4.22. The van der Waals surface area contributed by atoms with Crippen LogP contribution in [0.2, 0.25) is 0 Å². The average molecular weight is 239 g/mol. The topological polar surface area (TPSA) is 133 Å². The molecule has 0 aromatic carbocycles. The molecule has 0 saturated carbocycles. The van der Waals surface area contributed by atoms with Crippen LogP contribution in [0.4, 0.5) is 0 Å². The number of hydrogen-bond acceptors (Lipinski definition) is 7. The molecule has 0 aromatic heterocycles. The molecule has 0 radical (unpaired) electrons. The molecule has 0 bridgehead atoms. The summed E-state index contributed by atoms with van der Waals surface area (Å²) < 4.78 is 0. The quantitative estimate of drug-likeness (QED) is 0.419. The number of carbonyl (C=O) groups excluding carboxylic acids is 1. The standard InChI is InChI=1S/C9H13N5O3/c1-3(15)6(16)4-2-11-7-5(12-4)8(17)14-9(10)13-7/h3-4,6,15-16H,2H2,1H3,(H3,10,11,13,14,17). The molecule has 2 heterocycles. The smallest absolute Gasteiger partial charge is 0.302 e. The van der Waals surface area contributed by atoms with Gasteiger partial charge in [0.25, 0.3) is 0 Å². The minimum atomic E-state index is -1.05. The molecule has 2 aliphatic rings. The van der Waals surface area contributed by atoms with E-state index >= 15 is 0 Å². The van der Waals surface area contributed by atoms with Crippen LogP contribution in [0.15, 0.2) is 15.0 Å². The van der Waals surface area contributed by atoms with Crippen molar-refractivity contribution in [2.75, 3.05) is 6.54 Å². The highest BCUT2D eigenvalue weighted by atomic mass is 16.3. The second-order valence-electron chi connectivity index (χ2n) is 3.89. The third-order valence-electron chi connectivity index (χ3n) is 2.53. The lowest BCUT2D eigenvalue weighted by molar-refractivity contribution is -0.111. The van der Waals surface area contributed by atoms with E-state index in [1.54, 1.807) is 0 Å². The van der Waals surface area contributed by atoms with Crippen molar-refractivity contribution in [3.8, 4) is 0 Å². The van der Waals surface area contributed by atoms with Crippen molar-refractivity contribution < 1.29 is 15.0 Å². The monoisotopic (exact) mass is 239 g/mol. The first-order valence-corrected chi connectivity index (χ1v) is 5.14. The SMILES string of the molecule is CC(O)C(O)C1CNC2=NC(N)=NC(=O)C2=N1. The number of amides is 1. The van der Waals surface area contributed by atoms with E-state index in [1.807, 2.05) is 0 Å². The summed E-state index contributed by atoms with van der Waals surface area (Å²) in [6.45, 7) is 1.72. The molecule has 2 aliphatic heterocycles. The van der Waals surface area contributed by atoms with E-state index in [0.29, 0.717) is 0 Å². The largest absolute Gasteiger partial charge is 0.391 e. The maximum Gasteiger partial charge on any atom is 0.302 e. The van der Waals surface area contributed by atoms with Gasteiger partial charge in [-0.3, -0.25) is 9.79 Å². The normalized spacial score (nSPS) is 27.1. The highest BCUT2D eigenvalue weighted by Crippen LogP contribution is 2.10. The van der Waals surface area contributed by atoms with Crippen molar-refractivity contribution in [3.05, 3.63) is 0 Å². The van der Waals surface area contributed by atoms with E-state index < -0.39 is 24.2 Å². The van der Waals surface area contributed by atoms with Gasteiger partial charge in [-0.15, -0.1) is 0 Å². The van der Waals surface area contributed by atoms with E-state index in [4.69, 9.17) is 5.73 Å². The van der Waals surface area contributed by atoms with Gasteiger partial charge in [0, 0.05) is 6.54 Å². The molecule has 8 nitrogen and oxygen atoms in total. The van der Waals surface area contributed by atoms with Crippen LogP contribution in [0.1, 0.15) is 6.92 Å². The molecule has 92 valence electrons. The molecule has 0 aromatic rings. The Morgan fingerprint density at radius 3 is 2.82 bits per heavy atom. The van der Waals surface area contributed by atoms with Gasteiger partial charge in [0.1, 0.15) is 6.10 Å². The summed E-state index contributed by atoms with van der Waals surface area (Å²) in [7, 11) is 0. The number of nitrogens with two attached hydrogens (primary N) is 1. The molecule has 8 heteroatoms. The van der Waals surface area contributed by atoms with Crippen molar-refractivity contribution in [1.82, 2.24) is 5.32 Å². The highest BCUT2D eigenvalue weighted by molar-refractivity contribution is 6.69. The lowest BCUT2D eigenvalue weighted by Gasteiger charge is -2.28. The van der Waals surface area contributed by atoms with Crippen LogP contribution in [-0.2, 0) is 4.79 Å². The van der Waals surface area contributed by atoms with Gasteiger partial charge in [0.15, 0.2) is 11.5 Å². The number of aliphatic hydroxyl groups excluding tert-OH is 2. The molecule has 0 spiro atoms. The predicted molar refractivity (Wildman–Crippen MR) is 61.0 cm³/mol. The minimum absolute atomic E-state index is 0.0372. The molecule has 2 rings (SSSR count). The van der Waals surface area contributed by atoms with Crippen molar-refractivity contribution in [2.24, 2.45) is 20.7 Å².